The molecule has 0 atom stereocenters. The Morgan fingerprint density at radius 3 is 1.48 bits per heavy atom. The van der Waals surface area contributed by atoms with Crippen LogP contribution in [0.5, 0.6) is 0 Å². The van der Waals surface area contributed by atoms with E-state index >= 15 is 0 Å². The predicted octanol–water partition coefficient (Wildman–Crippen LogP) is 6.63. The lowest BCUT2D eigenvalue weighted by Crippen LogP contribution is -2.15. The van der Waals surface area contributed by atoms with E-state index in [2.05, 4.69) is 6.92 Å². The van der Waals surface area contributed by atoms with Crippen LogP contribution in [0.4, 0.5) is 0 Å². The molecule has 0 aliphatic heterocycles. The lowest BCUT2D eigenvalue weighted by Gasteiger charge is -2.06. The first-order chi connectivity index (χ1) is 12.1. The quantitative estimate of drug-likeness (QED) is 0.158. The molecular weight excluding hydrogens is 312 g/mol. The van der Waals surface area contributed by atoms with Crippen molar-refractivity contribution in [1.82, 2.24) is 0 Å². The van der Waals surface area contributed by atoms with E-state index in [4.69, 9.17) is 4.74 Å². The largest absolute Gasteiger partial charge is 0.465 e. The molecule has 0 heterocycles. The van der Waals surface area contributed by atoms with Crippen molar-refractivity contribution in [2.24, 2.45) is 5.92 Å². The van der Waals surface area contributed by atoms with Gasteiger partial charge in [-0.1, -0.05) is 104 Å². The molecule has 0 aromatic rings. The minimum Gasteiger partial charge on any atom is -0.465 e. The van der Waals surface area contributed by atoms with E-state index in [1.54, 1.807) is 0 Å². The molecule has 3 nitrogen and oxygen atoms in total. The molecule has 0 aromatic heterocycles. The van der Waals surface area contributed by atoms with Crippen molar-refractivity contribution >= 4 is 11.8 Å². The second-order valence-corrected chi connectivity index (χ2v) is 7.61. The van der Waals surface area contributed by atoms with Crippen LogP contribution in [-0.4, -0.2) is 18.4 Å². The summed E-state index contributed by atoms with van der Waals surface area (Å²) < 4.78 is 5.11. The van der Waals surface area contributed by atoms with E-state index in [-0.39, 0.29) is 24.1 Å². The monoisotopic (exact) mass is 354 g/mol. The number of hydrogen-bond donors (Lipinski definition) is 0. The summed E-state index contributed by atoms with van der Waals surface area (Å²) >= 11 is 0. The molecular formula is C22H42O3. The van der Waals surface area contributed by atoms with E-state index in [0.29, 0.717) is 6.61 Å². The molecule has 3 heteroatoms. The molecule has 0 radical (unpaired) electrons. The molecule has 0 unspecified atom stereocenters. The van der Waals surface area contributed by atoms with Crippen LogP contribution in [0, 0.1) is 5.92 Å². The summed E-state index contributed by atoms with van der Waals surface area (Å²) in [7, 11) is 0. The van der Waals surface area contributed by atoms with Crippen molar-refractivity contribution in [2.75, 3.05) is 6.61 Å². The van der Waals surface area contributed by atoms with Gasteiger partial charge in [-0.15, -0.1) is 0 Å². The first-order valence-electron chi connectivity index (χ1n) is 10.8. The maximum absolute atomic E-state index is 11.4. The van der Waals surface area contributed by atoms with Gasteiger partial charge in [0.2, 0.25) is 0 Å². The summed E-state index contributed by atoms with van der Waals surface area (Å²) in [5, 5.41) is 0. The van der Waals surface area contributed by atoms with E-state index < -0.39 is 0 Å². The molecule has 0 spiro atoms. The van der Waals surface area contributed by atoms with Crippen LogP contribution in [0.15, 0.2) is 0 Å². The average molecular weight is 355 g/mol. The fourth-order valence-corrected chi connectivity index (χ4v) is 2.88. The molecule has 0 aliphatic rings. The summed E-state index contributed by atoms with van der Waals surface area (Å²) in [6.07, 6.45) is 18.3. The highest BCUT2D eigenvalue weighted by molar-refractivity contribution is 5.96. The number of Topliss-reactive ketones (excluding diaryl/α,β-unsaturated/α-hetero) is 1. The van der Waals surface area contributed by atoms with Crippen LogP contribution >= 0.6 is 0 Å². The summed E-state index contributed by atoms with van der Waals surface area (Å²) in [4.78, 5) is 22.9. The zero-order valence-corrected chi connectivity index (χ0v) is 17.1. The molecule has 0 fully saturated rings. The van der Waals surface area contributed by atoms with Crippen molar-refractivity contribution in [1.29, 1.82) is 0 Å². The maximum Gasteiger partial charge on any atom is 0.313 e. The van der Waals surface area contributed by atoms with Crippen LogP contribution in [0.1, 0.15) is 117 Å². The molecule has 25 heavy (non-hydrogen) atoms. The number of hydrogen-bond acceptors (Lipinski definition) is 3. The van der Waals surface area contributed by atoms with E-state index in [9.17, 15) is 9.59 Å². The molecule has 0 saturated heterocycles. The van der Waals surface area contributed by atoms with Gasteiger partial charge in [0.15, 0.2) is 0 Å². The average Bonchev–Trinajstić information content (AvgIpc) is 2.58. The van der Waals surface area contributed by atoms with Crippen molar-refractivity contribution < 1.29 is 14.3 Å². The summed E-state index contributed by atoms with van der Waals surface area (Å²) in [6.45, 7) is 6.34. The minimum atomic E-state index is -0.367. The Balaban J connectivity index is 3.19. The highest BCUT2D eigenvalue weighted by Gasteiger charge is 2.13. The van der Waals surface area contributed by atoms with Crippen LogP contribution in [0.25, 0.3) is 0 Å². The fourth-order valence-electron chi connectivity index (χ4n) is 2.88. The number of ether oxygens (including phenoxy) is 1. The number of unbranched alkanes of at least 4 members (excludes halogenated alkanes) is 13. The van der Waals surface area contributed by atoms with Gasteiger partial charge in [-0.05, 0) is 6.42 Å². The fraction of sp³-hybridized carbons (Fsp3) is 0.909. The molecule has 0 amide bonds. The Bertz CT molecular complexity index is 323. The molecule has 0 aromatic carbocycles. The number of carbonyl (C=O) groups is 2. The molecule has 0 saturated carbocycles. The van der Waals surface area contributed by atoms with E-state index in [1.807, 2.05) is 13.8 Å². The number of esters is 1. The lowest BCUT2D eigenvalue weighted by atomic mass is 10.0. The molecule has 0 rings (SSSR count). The van der Waals surface area contributed by atoms with Crippen LogP contribution in [0.3, 0.4) is 0 Å². The molecule has 0 bridgehead atoms. The third kappa shape index (κ3) is 17.7. The van der Waals surface area contributed by atoms with Crippen LogP contribution < -0.4 is 0 Å². The standard InChI is InChI=1S/C22H42O3/c1-4-5-6-7-8-9-10-11-12-13-14-15-16-17-18-25-22(24)19-21(23)20(2)3/h20H,4-19H2,1-3H3. The number of ketones is 1. The van der Waals surface area contributed by atoms with Gasteiger partial charge in [0.05, 0.1) is 6.61 Å². The summed E-state index contributed by atoms with van der Waals surface area (Å²) in [5.74, 6) is -0.493. The summed E-state index contributed by atoms with van der Waals surface area (Å²) in [6, 6.07) is 0. The second-order valence-electron chi connectivity index (χ2n) is 7.61. The van der Waals surface area contributed by atoms with Crippen molar-refractivity contribution in [2.45, 2.75) is 117 Å². The lowest BCUT2D eigenvalue weighted by molar-refractivity contribution is -0.146. The van der Waals surface area contributed by atoms with Crippen LogP contribution in [-0.2, 0) is 14.3 Å². The molecule has 0 N–H and O–H groups in total. The Morgan fingerprint density at radius 2 is 1.08 bits per heavy atom. The van der Waals surface area contributed by atoms with Gasteiger partial charge in [-0.25, -0.2) is 0 Å². The van der Waals surface area contributed by atoms with Gasteiger partial charge in [-0.3, -0.25) is 9.59 Å². The van der Waals surface area contributed by atoms with Crippen molar-refractivity contribution in [3.63, 3.8) is 0 Å². The Morgan fingerprint density at radius 1 is 0.680 bits per heavy atom. The topological polar surface area (TPSA) is 43.4 Å². The Labute approximate surface area is 156 Å². The second kappa shape index (κ2) is 17.9. The highest BCUT2D eigenvalue weighted by Crippen LogP contribution is 2.13. The Hall–Kier alpha value is -0.860. The zero-order valence-electron chi connectivity index (χ0n) is 17.1. The first kappa shape index (κ1) is 24.1. The van der Waals surface area contributed by atoms with Crippen LogP contribution in [0.2, 0.25) is 0 Å². The van der Waals surface area contributed by atoms with Crippen molar-refractivity contribution in [3.8, 4) is 0 Å². The molecule has 0 aliphatic carbocycles. The first-order valence-corrected chi connectivity index (χ1v) is 10.8. The smallest absolute Gasteiger partial charge is 0.313 e. The minimum absolute atomic E-state index is 0.0361. The third-order valence-electron chi connectivity index (χ3n) is 4.72. The van der Waals surface area contributed by atoms with Gasteiger partial charge >= 0.3 is 5.97 Å². The molecule has 148 valence electrons. The van der Waals surface area contributed by atoms with Gasteiger partial charge in [0.25, 0.3) is 0 Å². The SMILES string of the molecule is CCCCCCCCCCCCCCCCOC(=O)CC(=O)C(C)C. The van der Waals surface area contributed by atoms with Gasteiger partial charge < -0.3 is 4.74 Å². The van der Waals surface area contributed by atoms with Gasteiger partial charge in [0.1, 0.15) is 12.2 Å². The predicted molar refractivity (Wildman–Crippen MR) is 106 cm³/mol. The Kier molecular flexibility index (Phi) is 17.3. The number of carbonyl (C=O) groups excluding carboxylic acids is 2. The van der Waals surface area contributed by atoms with Gasteiger partial charge in [0, 0.05) is 5.92 Å². The normalized spacial score (nSPS) is 11.0. The third-order valence-corrected chi connectivity index (χ3v) is 4.72. The summed E-state index contributed by atoms with van der Waals surface area (Å²) in [5.41, 5.74) is 0. The maximum atomic E-state index is 11.4. The number of rotatable bonds is 18. The van der Waals surface area contributed by atoms with E-state index in [0.717, 1.165) is 12.8 Å². The van der Waals surface area contributed by atoms with E-state index in [1.165, 1.54) is 77.0 Å². The van der Waals surface area contributed by atoms with Crippen molar-refractivity contribution in [3.05, 3.63) is 0 Å². The highest BCUT2D eigenvalue weighted by atomic mass is 16.5. The zero-order chi connectivity index (χ0) is 18.8. The van der Waals surface area contributed by atoms with Gasteiger partial charge in [-0.2, -0.15) is 0 Å².